The Bertz CT molecular complexity index is 980. The van der Waals surface area contributed by atoms with Crippen LogP contribution in [0.3, 0.4) is 0 Å². The first-order valence-corrected chi connectivity index (χ1v) is 9.56. The van der Waals surface area contributed by atoms with E-state index >= 15 is 0 Å². The lowest BCUT2D eigenvalue weighted by molar-refractivity contribution is 0.0714. The highest BCUT2D eigenvalue weighted by molar-refractivity contribution is 6.30. The molecule has 6 nitrogen and oxygen atoms in total. The van der Waals surface area contributed by atoms with E-state index in [0.717, 1.165) is 24.1 Å². The maximum atomic E-state index is 13.1. The average molecular weight is 397 g/mol. The number of amides is 1. The molecule has 0 aliphatic heterocycles. The standard InChI is InChI=1S/C21H21ClN4O2/c1-25(2)18-5-3-4-15(12-18)21(27)26(17-10-11-17)13-19-23-24-20(28-19)14-6-8-16(22)9-7-14/h3-9,12,17H,10-11,13H2,1-2H3. The number of benzene rings is 2. The molecule has 0 saturated heterocycles. The largest absolute Gasteiger partial charge is 0.419 e. The summed E-state index contributed by atoms with van der Waals surface area (Å²) < 4.78 is 5.80. The van der Waals surface area contributed by atoms with Crippen molar-refractivity contribution < 1.29 is 9.21 Å². The van der Waals surface area contributed by atoms with Gasteiger partial charge in [-0.3, -0.25) is 4.79 Å². The van der Waals surface area contributed by atoms with Crippen molar-refractivity contribution in [1.82, 2.24) is 15.1 Å². The Balaban J connectivity index is 1.54. The smallest absolute Gasteiger partial charge is 0.254 e. The van der Waals surface area contributed by atoms with E-state index in [2.05, 4.69) is 10.2 Å². The number of halogens is 1. The van der Waals surface area contributed by atoms with E-state index < -0.39 is 0 Å². The van der Waals surface area contributed by atoms with E-state index in [0.29, 0.717) is 28.9 Å². The lowest BCUT2D eigenvalue weighted by Gasteiger charge is -2.21. The summed E-state index contributed by atoms with van der Waals surface area (Å²) in [5.41, 5.74) is 2.45. The van der Waals surface area contributed by atoms with Crippen LogP contribution in [0.4, 0.5) is 5.69 Å². The molecule has 0 bridgehead atoms. The van der Waals surface area contributed by atoms with Gasteiger partial charge in [0, 0.05) is 42.0 Å². The Labute approximate surface area is 168 Å². The Morgan fingerprint density at radius 2 is 1.89 bits per heavy atom. The Kier molecular flexibility index (Phi) is 5.05. The van der Waals surface area contributed by atoms with Crippen LogP contribution in [0.5, 0.6) is 0 Å². The van der Waals surface area contributed by atoms with Crippen LogP contribution in [0.25, 0.3) is 11.5 Å². The van der Waals surface area contributed by atoms with E-state index in [-0.39, 0.29) is 11.9 Å². The zero-order valence-electron chi connectivity index (χ0n) is 15.8. The summed E-state index contributed by atoms with van der Waals surface area (Å²) in [6, 6.07) is 15.1. The minimum absolute atomic E-state index is 0.0163. The van der Waals surface area contributed by atoms with Gasteiger partial charge in [-0.2, -0.15) is 0 Å². The van der Waals surface area contributed by atoms with Gasteiger partial charge in [-0.1, -0.05) is 17.7 Å². The molecule has 28 heavy (non-hydrogen) atoms. The van der Waals surface area contributed by atoms with Crippen molar-refractivity contribution in [2.75, 3.05) is 19.0 Å². The van der Waals surface area contributed by atoms with Gasteiger partial charge in [0.2, 0.25) is 11.8 Å². The minimum atomic E-state index is -0.0163. The fourth-order valence-corrected chi connectivity index (χ4v) is 3.13. The first-order valence-electron chi connectivity index (χ1n) is 9.18. The maximum absolute atomic E-state index is 13.1. The molecule has 2 aromatic carbocycles. The Morgan fingerprint density at radius 3 is 2.57 bits per heavy atom. The van der Waals surface area contributed by atoms with E-state index in [9.17, 15) is 4.79 Å². The molecule has 144 valence electrons. The van der Waals surface area contributed by atoms with Crippen LogP contribution in [0.1, 0.15) is 29.1 Å². The number of carbonyl (C=O) groups is 1. The van der Waals surface area contributed by atoms with Gasteiger partial charge in [0.1, 0.15) is 0 Å². The summed E-state index contributed by atoms with van der Waals surface area (Å²) in [5.74, 6) is 0.830. The highest BCUT2D eigenvalue weighted by atomic mass is 35.5. The molecule has 1 fully saturated rings. The molecule has 1 aliphatic rings. The molecule has 0 radical (unpaired) electrons. The van der Waals surface area contributed by atoms with Gasteiger partial charge in [-0.25, -0.2) is 0 Å². The maximum Gasteiger partial charge on any atom is 0.254 e. The Morgan fingerprint density at radius 1 is 1.14 bits per heavy atom. The molecule has 3 aromatic rings. The molecule has 1 aliphatic carbocycles. The molecule has 1 heterocycles. The van der Waals surface area contributed by atoms with E-state index in [1.165, 1.54) is 0 Å². The van der Waals surface area contributed by atoms with Crippen LogP contribution in [-0.4, -0.2) is 41.1 Å². The van der Waals surface area contributed by atoms with E-state index in [1.54, 1.807) is 12.1 Å². The van der Waals surface area contributed by atoms with Gasteiger partial charge in [0.05, 0.1) is 6.54 Å². The number of hydrogen-bond acceptors (Lipinski definition) is 5. The molecule has 0 N–H and O–H groups in total. The monoisotopic (exact) mass is 396 g/mol. The SMILES string of the molecule is CN(C)c1cccc(C(=O)N(Cc2nnc(-c3ccc(Cl)cc3)o2)C2CC2)c1. The van der Waals surface area contributed by atoms with Crippen molar-refractivity contribution >= 4 is 23.2 Å². The quantitative estimate of drug-likeness (QED) is 0.623. The van der Waals surface area contributed by atoms with Crippen LogP contribution >= 0.6 is 11.6 Å². The van der Waals surface area contributed by atoms with Crippen LogP contribution in [0.15, 0.2) is 52.9 Å². The van der Waals surface area contributed by atoms with E-state index in [1.807, 2.05) is 60.3 Å². The second-order valence-corrected chi connectivity index (χ2v) is 7.55. The van der Waals surface area contributed by atoms with Crippen LogP contribution in [0.2, 0.25) is 5.02 Å². The normalized spacial score (nSPS) is 13.4. The molecule has 1 amide bonds. The molecular weight excluding hydrogens is 376 g/mol. The van der Waals surface area contributed by atoms with Crippen molar-refractivity contribution in [3.8, 4) is 11.5 Å². The molecule has 1 aromatic heterocycles. The fraction of sp³-hybridized carbons (Fsp3) is 0.286. The van der Waals surface area contributed by atoms with Crippen LogP contribution in [-0.2, 0) is 6.54 Å². The first-order chi connectivity index (χ1) is 13.5. The van der Waals surface area contributed by atoms with Gasteiger partial charge in [0.25, 0.3) is 5.91 Å². The number of aromatic nitrogens is 2. The van der Waals surface area contributed by atoms with Crippen LogP contribution < -0.4 is 4.90 Å². The molecular formula is C21H21ClN4O2. The number of rotatable bonds is 6. The van der Waals surface area contributed by atoms with Crippen molar-refractivity contribution in [2.24, 2.45) is 0 Å². The second kappa shape index (κ2) is 7.64. The lowest BCUT2D eigenvalue weighted by atomic mass is 10.1. The molecule has 0 unspecified atom stereocenters. The third-order valence-electron chi connectivity index (χ3n) is 4.72. The van der Waals surface area contributed by atoms with E-state index in [4.69, 9.17) is 16.0 Å². The van der Waals surface area contributed by atoms with Crippen molar-refractivity contribution in [3.63, 3.8) is 0 Å². The third kappa shape index (κ3) is 4.02. The predicted molar refractivity (Wildman–Crippen MR) is 108 cm³/mol. The number of nitrogens with zero attached hydrogens (tertiary/aromatic N) is 4. The van der Waals surface area contributed by atoms with Crippen molar-refractivity contribution in [2.45, 2.75) is 25.4 Å². The van der Waals surface area contributed by atoms with Gasteiger partial charge in [-0.05, 0) is 55.3 Å². The molecule has 4 rings (SSSR count). The first kappa shape index (κ1) is 18.5. The topological polar surface area (TPSA) is 62.5 Å². The van der Waals surface area contributed by atoms with Gasteiger partial charge in [-0.15, -0.1) is 10.2 Å². The van der Waals surface area contributed by atoms with Crippen molar-refractivity contribution in [3.05, 3.63) is 65.0 Å². The summed E-state index contributed by atoms with van der Waals surface area (Å²) in [4.78, 5) is 16.9. The second-order valence-electron chi connectivity index (χ2n) is 7.12. The van der Waals surface area contributed by atoms with Gasteiger partial charge < -0.3 is 14.2 Å². The number of anilines is 1. The Hall–Kier alpha value is -2.86. The average Bonchev–Trinajstić information content (AvgIpc) is 3.44. The highest BCUT2D eigenvalue weighted by Crippen LogP contribution is 2.31. The zero-order valence-corrected chi connectivity index (χ0v) is 16.6. The minimum Gasteiger partial charge on any atom is -0.419 e. The molecule has 0 atom stereocenters. The predicted octanol–water partition coefficient (Wildman–Crippen LogP) is 4.26. The van der Waals surface area contributed by atoms with Crippen LogP contribution in [0, 0.1) is 0 Å². The molecule has 1 saturated carbocycles. The molecule has 0 spiro atoms. The summed E-state index contributed by atoms with van der Waals surface area (Å²) in [6.07, 6.45) is 1.99. The third-order valence-corrected chi connectivity index (χ3v) is 4.97. The lowest BCUT2D eigenvalue weighted by Crippen LogP contribution is -2.32. The highest BCUT2D eigenvalue weighted by Gasteiger charge is 2.34. The number of hydrogen-bond donors (Lipinski definition) is 0. The summed E-state index contributed by atoms with van der Waals surface area (Å²) in [5, 5.41) is 8.90. The fourth-order valence-electron chi connectivity index (χ4n) is 3.01. The number of carbonyl (C=O) groups excluding carboxylic acids is 1. The summed E-state index contributed by atoms with van der Waals surface area (Å²) >= 11 is 5.92. The molecule has 7 heteroatoms. The summed E-state index contributed by atoms with van der Waals surface area (Å²) in [7, 11) is 3.91. The zero-order chi connectivity index (χ0) is 19.7. The summed E-state index contributed by atoms with van der Waals surface area (Å²) in [6.45, 7) is 0.302. The van der Waals surface area contributed by atoms with Gasteiger partial charge >= 0.3 is 0 Å². The van der Waals surface area contributed by atoms with Crippen molar-refractivity contribution in [1.29, 1.82) is 0 Å². The van der Waals surface area contributed by atoms with Gasteiger partial charge in [0.15, 0.2) is 0 Å².